The number of thioether (sulfide) groups is 1. The SMILES string of the molecule is CCN1C(=O)/C(=C\c2cccc(OCc3ccccc3F)c2)SC1=S. The molecular weight excluding hydrogens is 357 g/mol. The molecule has 6 heteroatoms. The molecule has 1 aliphatic heterocycles. The van der Waals surface area contributed by atoms with Crippen LogP contribution < -0.4 is 4.74 Å². The highest BCUT2D eigenvalue weighted by Gasteiger charge is 2.30. The number of halogens is 1. The number of benzene rings is 2. The molecule has 3 nitrogen and oxygen atoms in total. The van der Waals surface area contributed by atoms with E-state index in [1.54, 1.807) is 35.2 Å². The summed E-state index contributed by atoms with van der Waals surface area (Å²) in [4.78, 5) is 14.4. The zero-order chi connectivity index (χ0) is 17.8. The van der Waals surface area contributed by atoms with Crippen molar-refractivity contribution in [1.29, 1.82) is 0 Å². The van der Waals surface area contributed by atoms with Crippen molar-refractivity contribution in [1.82, 2.24) is 4.90 Å². The van der Waals surface area contributed by atoms with Crippen molar-refractivity contribution in [2.45, 2.75) is 13.5 Å². The maximum Gasteiger partial charge on any atom is 0.266 e. The van der Waals surface area contributed by atoms with Gasteiger partial charge in [0.25, 0.3) is 5.91 Å². The lowest BCUT2D eigenvalue weighted by molar-refractivity contribution is -0.121. The van der Waals surface area contributed by atoms with Crippen LogP contribution in [-0.4, -0.2) is 21.7 Å². The van der Waals surface area contributed by atoms with Crippen molar-refractivity contribution in [2.24, 2.45) is 0 Å². The van der Waals surface area contributed by atoms with Crippen molar-refractivity contribution in [2.75, 3.05) is 6.54 Å². The molecule has 1 saturated heterocycles. The van der Waals surface area contributed by atoms with E-state index < -0.39 is 0 Å². The van der Waals surface area contributed by atoms with E-state index in [0.29, 0.717) is 27.1 Å². The number of hydrogen-bond donors (Lipinski definition) is 0. The third-order valence-corrected chi connectivity index (χ3v) is 5.08. The van der Waals surface area contributed by atoms with E-state index in [1.165, 1.54) is 17.8 Å². The van der Waals surface area contributed by atoms with Gasteiger partial charge in [0.2, 0.25) is 0 Å². The van der Waals surface area contributed by atoms with Crippen LogP contribution in [0.15, 0.2) is 53.4 Å². The quantitative estimate of drug-likeness (QED) is 0.565. The van der Waals surface area contributed by atoms with E-state index >= 15 is 0 Å². The average molecular weight is 373 g/mol. The van der Waals surface area contributed by atoms with Crippen LogP contribution in [0, 0.1) is 5.82 Å². The Kier molecular flexibility index (Phi) is 5.50. The summed E-state index contributed by atoms with van der Waals surface area (Å²) in [5, 5.41) is 0. The predicted molar refractivity (Wildman–Crippen MR) is 103 cm³/mol. The van der Waals surface area contributed by atoms with Crippen LogP contribution in [0.2, 0.25) is 0 Å². The molecule has 0 bridgehead atoms. The molecule has 0 aromatic heterocycles. The minimum atomic E-state index is -0.290. The summed E-state index contributed by atoms with van der Waals surface area (Å²) >= 11 is 6.51. The van der Waals surface area contributed by atoms with Crippen LogP contribution in [0.5, 0.6) is 5.75 Å². The molecule has 0 aliphatic carbocycles. The van der Waals surface area contributed by atoms with E-state index in [-0.39, 0.29) is 18.3 Å². The minimum absolute atomic E-state index is 0.0739. The Bertz CT molecular complexity index is 851. The number of ether oxygens (including phenoxy) is 1. The first-order chi connectivity index (χ1) is 12.1. The molecule has 1 aliphatic rings. The van der Waals surface area contributed by atoms with Crippen LogP contribution in [0.4, 0.5) is 4.39 Å². The predicted octanol–water partition coefficient (Wildman–Crippen LogP) is 4.63. The normalized spacial score (nSPS) is 15.9. The number of nitrogens with zero attached hydrogens (tertiary/aromatic N) is 1. The maximum absolute atomic E-state index is 13.6. The lowest BCUT2D eigenvalue weighted by atomic mass is 10.2. The molecule has 1 heterocycles. The zero-order valence-corrected chi connectivity index (χ0v) is 15.2. The van der Waals surface area contributed by atoms with Gasteiger partial charge in [-0.25, -0.2) is 4.39 Å². The van der Waals surface area contributed by atoms with Crippen LogP contribution in [0.3, 0.4) is 0 Å². The molecule has 1 amide bonds. The molecule has 0 spiro atoms. The van der Waals surface area contributed by atoms with Crippen molar-refractivity contribution < 1.29 is 13.9 Å². The van der Waals surface area contributed by atoms with Crippen LogP contribution in [0.1, 0.15) is 18.1 Å². The number of carbonyl (C=O) groups is 1. The van der Waals surface area contributed by atoms with Crippen molar-refractivity contribution in [3.63, 3.8) is 0 Å². The standard InChI is InChI=1S/C19H16FNO2S2/c1-2-21-18(22)17(25-19(21)24)11-13-6-5-8-15(10-13)23-12-14-7-3-4-9-16(14)20/h3-11H,2,12H2,1H3/b17-11+. The Balaban J connectivity index is 1.74. The Labute approximate surface area is 155 Å². The van der Waals surface area contributed by atoms with Gasteiger partial charge in [0.05, 0.1) is 4.91 Å². The van der Waals surface area contributed by atoms with E-state index in [9.17, 15) is 9.18 Å². The Morgan fingerprint density at radius 2 is 2.04 bits per heavy atom. The van der Waals surface area contributed by atoms with Crippen LogP contribution in [-0.2, 0) is 11.4 Å². The van der Waals surface area contributed by atoms with Crippen molar-refractivity contribution in [3.8, 4) is 5.75 Å². The van der Waals surface area contributed by atoms with Gasteiger partial charge in [0.15, 0.2) is 0 Å². The molecule has 128 valence electrons. The van der Waals surface area contributed by atoms with Gasteiger partial charge < -0.3 is 4.74 Å². The second-order valence-corrected chi connectivity index (χ2v) is 7.05. The second kappa shape index (κ2) is 7.80. The summed E-state index contributed by atoms with van der Waals surface area (Å²) in [6.07, 6.45) is 1.80. The number of thiocarbonyl (C=S) groups is 1. The Morgan fingerprint density at radius 1 is 1.24 bits per heavy atom. The van der Waals surface area contributed by atoms with Crippen LogP contribution in [0.25, 0.3) is 6.08 Å². The summed E-state index contributed by atoms with van der Waals surface area (Å²) in [5.41, 5.74) is 1.33. The summed E-state index contributed by atoms with van der Waals surface area (Å²) in [7, 11) is 0. The molecule has 0 radical (unpaired) electrons. The Morgan fingerprint density at radius 3 is 2.76 bits per heavy atom. The molecule has 0 unspecified atom stereocenters. The maximum atomic E-state index is 13.6. The number of amides is 1. The number of hydrogen-bond acceptors (Lipinski definition) is 4. The first-order valence-corrected chi connectivity index (χ1v) is 9.02. The first-order valence-electron chi connectivity index (χ1n) is 7.80. The lowest BCUT2D eigenvalue weighted by Gasteiger charge is -2.09. The summed E-state index contributed by atoms with van der Waals surface area (Å²) in [6.45, 7) is 2.60. The van der Waals surface area contributed by atoms with E-state index in [0.717, 1.165) is 5.56 Å². The smallest absolute Gasteiger partial charge is 0.266 e. The van der Waals surface area contributed by atoms with Gasteiger partial charge in [0, 0.05) is 12.1 Å². The summed E-state index contributed by atoms with van der Waals surface area (Å²) in [6, 6.07) is 13.9. The molecule has 0 N–H and O–H groups in total. The van der Waals surface area contributed by atoms with Gasteiger partial charge in [-0.15, -0.1) is 0 Å². The highest BCUT2D eigenvalue weighted by molar-refractivity contribution is 8.26. The third-order valence-electron chi connectivity index (χ3n) is 3.70. The van der Waals surface area contributed by atoms with Gasteiger partial charge in [-0.05, 0) is 36.8 Å². The topological polar surface area (TPSA) is 29.5 Å². The largest absolute Gasteiger partial charge is 0.489 e. The molecule has 3 rings (SSSR count). The molecule has 25 heavy (non-hydrogen) atoms. The van der Waals surface area contributed by atoms with E-state index in [4.69, 9.17) is 17.0 Å². The van der Waals surface area contributed by atoms with Gasteiger partial charge in [-0.1, -0.05) is 54.3 Å². The monoisotopic (exact) mass is 373 g/mol. The Hall–Kier alpha value is -2.18. The fourth-order valence-corrected chi connectivity index (χ4v) is 3.78. The summed E-state index contributed by atoms with van der Waals surface area (Å²) in [5.74, 6) is 0.250. The van der Waals surface area contributed by atoms with Crippen LogP contribution >= 0.6 is 24.0 Å². The van der Waals surface area contributed by atoms with E-state index in [2.05, 4.69) is 0 Å². The van der Waals surface area contributed by atoms with Gasteiger partial charge in [-0.2, -0.15) is 0 Å². The molecular formula is C19H16FNO2S2. The van der Waals surface area contributed by atoms with Gasteiger partial charge >= 0.3 is 0 Å². The van der Waals surface area contributed by atoms with Crippen molar-refractivity contribution >= 4 is 40.3 Å². The molecule has 0 atom stereocenters. The lowest BCUT2D eigenvalue weighted by Crippen LogP contribution is -2.27. The van der Waals surface area contributed by atoms with Gasteiger partial charge in [-0.3, -0.25) is 9.69 Å². The number of likely N-dealkylation sites (N-methyl/N-ethyl adjacent to an activating group) is 1. The second-order valence-electron chi connectivity index (χ2n) is 5.38. The first kappa shape index (κ1) is 17.6. The molecule has 2 aromatic carbocycles. The highest BCUT2D eigenvalue weighted by atomic mass is 32.2. The summed E-state index contributed by atoms with van der Waals surface area (Å²) < 4.78 is 19.9. The number of rotatable bonds is 5. The van der Waals surface area contributed by atoms with Crippen molar-refractivity contribution in [3.05, 3.63) is 70.4 Å². The highest BCUT2D eigenvalue weighted by Crippen LogP contribution is 2.32. The molecule has 0 saturated carbocycles. The third kappa shape index (κ3) is 4.08. The number of carbonyl (C=O) groups excluding carboxylic acids is 1. The van der Waals surface area contributed by atoms with E-state index in [1.807, 2.05) is 25.1 Å². The fraction of sp³-hybridized carbons (Fsp3) is 0.158. The fourth-order valence-electron chi connectivity index (χ4n) is 2.39. The molecule has 1 fully saturated rings. The average Bonchev–Trinajstić information content (AvgIpc) is 2.87. The zero-order valence-electron chi connectivity index (χ0n) is 13.6. The van der Waals surface area contributed by atoms with Gasteiger partial charge in [0.1, 0.15) is 22.5 Å². The minimum Gasteiger partial charge on any atom is -0.489 e. The molecule has 2 aromatic rings.